The average molecular weight is 441 g/mol. The zero-order chi connectivity index (χ0) is 19.9. The highest BCUT2D eigenvalue weighted by molar-refractivity contribution is 9.10. The molecule has 0 saturated carbocycles. The zero-order valence-electron chi connectivity index (χ0n) is 14.1. The molecule has 3 rings (SSSR count). The first-order chi connectivity index (χ1) is 12.6. The summed E-state index contributed by atoms with van der Waals surface area (Å²) in [6, 6.07) is 6.95. The van der Waals surface area contributed by atoms with Crippen molar-refractivity contribution in [3.63, 3.8) is 0 Å². The van der Waals surface area contributed by atoms with E-state index in [1.807, 2.05) is 0 Å². The van der Waals surface area contributed by atoms with Crippen LogP contribution in [0.25, 0.3) is 5.65 Å². The Hall–Kier alpha value is -2.75. The van der Waals surface area contributed by atoms with Gasteiger partial charge in [-0.15, -0.1) is 0 Å². The summed E-state index contributed by atoms with van der Waals surface area (Å²) >= 11 is 3.11. The SMILES string of the molecule is CC(=O)c1ccc(NC(=O)c2nn3c(C(F)(F)F)cc(C)nc3c2Br)cc1. The molecule has 0 unspecified atom stereocenters. The number of hydrogen-bond donors (Lipinski definition) is 1. The van der Waals surface area contributed by atoms with Crippen LogP contribution in [-0.4, -0.2) is 26.3 Å². The van der Waals surface area contributed by atoms with Gasteiger partial charge in [0, 0.05) is 16.9 Å². The van der Waals surface area contributed by atoms with Crippen molar-refractivity contribution in [1.82, 2.24) is 14.6 Å². The Morgan fingerprint density at radius 2 is 1.81 bits per heavy atom. The number of aryl methyl sites for hydroxylation is 1. The first-order valence-corrected chi connectivity index (χ1v) is 8.42. The molecule has 0 radical (unpaired) electrons. The largest absolute Gasteiger partial charge is 0.433 e. The number of alkyl halides is 3. The van der Waals surface area contributed by atoms with E-state index >= 15 is 0 Å². The highest BCUT2D eigenvalue weighted by atomic mass is 79.9. The number of benzene rings is 1. The van der Waals surface area contributed by atoms with Crippen LogP contribution in [0.1, 0.15) is 39.2 Å². The maximum Gasteiger partial charge on any atom is 0.433 e. The molecular formula is C17H12BrF3N4O2. The molecule has 0 saturated heterocycles. The molecule has 1 amide bonds. The first kappa shape index (κ1) is 19.0. The van der Waals surface area contributed by atoms with E-state index in [1.54, 1.807) is 0 Å². The van der Waals surface area contributed by atoms with Crippen molar-refractivity contribution in [3.8, 4) is 0 Å². The molecule has 3 aromatic rings. The number of nitrogens with one attached hydrogen (secondary N) is 1. The molecule has 1 N–H and O–H groups in total. The summed E-state index contributed by atoms with van der Waals surface area (Å²) in [5, 5.41) is 6.32. The number of Topliss-reactive ketones (excluding diaryl/α,β-unsaturated/α-hetero) is 1. The van der Waals surface area contributed by atoms with E-state index < -0.39 is 17.8 Å². The van der Waals surface area contributed by atoms with Gasteiger partial charge in [-0.2, -0.15) is 18.3 Å². The van der Waals surface area contributed by atoms with E-state index in [4.69, 9.17) is 0 Å². The van der Waals surface area contributed by atoms with E-state index in [-0.39, 0.29) is 27.3 Å². The van der Waals surface area contributed by atoms with Crippen molar-refractivity contribution in [2.45, 2.75) is 20.0 Å². The van der Waals surface area contributed by atoms with Crippen LogP contribution in [0.4, 0.5) is 18.9 Å². The van der Waals surface area contributed by atoms with Crippen molar-refractivity contribution in [2.24, 2.45) is 0 Å². The third-order valence-corrected chi connectivity index (χ3v) is 4.45. The zero-order valence-corrected chi connectivity index (χ0v) is 15.6. The van der Waals surface area contributed by atoms with E-state index in [0.29, 0.717) is 15.8 Å². The van der Waals surface area contributed by atoms with E-state index in [9.17, 15) is 22.8 Å². The molecule has 2 aromatic heterocycles. The Morgan fingerprint density at radius 1 is 1.19 bits per heavy atom. The van der Waals surface area contributed by atoms with Crippen LogP contribution < -0.4 is 5.32 Å². The Labute approximate surface area is 159 Å². The number of carbonyl (C=O) groups is 2. The minimum atomic E-state index is -4.66. The third kappa shape index (κ3) is 3.70. The van der Waals surface area contributed by atoms with Crippen LogP contribution in [0.5, 0.6) is 0 Å². The van der Waals surface area contributed by atoms with Crippen molar-refractivity contribution in [1.29, 1.82) is 0 Å². The Bertz CT molecular complexity index is 1060. The van der Waals surface area contributed by atoms with Gasteiger partial charge in [-0.05, 0) is 60.1 Å². The van der Waals surface area contributed by atoms with Crippen LogP contribution >= 0.6 is 15.9 Å². The molecule has 140 valence electrons. The Kier molecular flexibility index (Phi) is 4.77. The molecule has 1 aromatic carbocycles. The van der Waals surface area contributed by atoms with Crippen LogP contribution in [0.2, 0.25) is 0 Å². The molecule has 0 aliphatic heterocycles. The average Bonchev–Trinajstić information content (AvgIpc) is 2.91. The highest BCUT2D eigenvalue weighted by Gasteiger charge is 2.36. The third-order valence-electron chi connectivity index (χ3n) is 3.72. The van der Waals surface area contributed by atoms with Crippen molar-refractivity contribution < 1.29 is 22.8 Å². The number of anilines is 1. The normalized spacial score (nSPS) is 11.6. The van der Waals surface area contributed by atoms with Gasteiger partial charge in [0.1, 0.15) is 5.69 Å². The lowest BCUT2D eigenvalue weighted by Gasteiger charge is -2.09. The molecule has 0 atom stereocenters. The standard InChI is InChI=1S/C17H12BrF3N4O2/c1-8-7-12(17(19,20)21)25-15(22-8)13(18)14(24-25)16(27)23-11-5-3-10(4-6-11)9(2)26/h3-7H,1-2H3,(H,23,27). The second-order valence-corrected chi connectivity index (χ2v) is 6.56. The van der Waals surface area contributed by atoms with Gasteiger partial charge in [0.25, 0.3) is 5.91 Å². The van der Waals surface area contributed by atoms with Crippen LogP contribution in [-0.2, 0) is 6.18 Å². The summed E-state index contributed by atoms with van der Waals surface area (Å²) in [7, 11) is 0. The summed E-state index contributed by atoms with van der Waals surface area (Å²) in [5.41, 5.74) is -0.406. The minimum absolute atomic E-state index is 0.0505. The minimum Gasteiger partial charge on any atom is -0.321 e. The molecule has 0 fully saturated rings. The van der Waals surface area contributed by atoms with Gasteiger partial charge in [-0.1, -0.05) is 0 Å². The summed E-state index contributed by atoms with van der Waals surface area (Å²) in [4.78, 5) is 27.8. The van der Waals surface area contributed by atoms with Gasteiger partial charge in [0.15, 0.2) is 17.1 Å². The predicted octanol–water partition coefficient (Wildman–Crippen LogP) is 4.27. The molecule has 10 heteroatoms. The number of fused-ring (bicyclic) bond motifs is 1. The van der Waals surface area contributed by atoms with Gasteiger partial charge < -0.3 is 5.32 Å². The summed E-state index contributed by atoms with van der Waals surface area (Å²) in [5.74, 6) is -0.842. The van der Waals surface area contributed by atoms with Gasteiger partial charge in [0.05, 0.1) is 4.47 Å². The van der Waals surface area contributed by atoms with Crippen molar-refractivity contribution in [3.05, 3.63) is 57.4 Å². The number of aromatic nitrogens is 3. The number of rotatable bonds is 3. The number of nitrogens with zero attached hydrogens (tertiary/aromatic N) is 3. The molecular weight excluding hydrogens is 429 g/mol. The number of amides is 1. The molecule has 0 aliphatic rings. The van der Waals surface area contributed by atoms with Gasteiger partial charge in [-0.25, -0.2) is 9.50 Å². The molecule has 27 heavy (non-hydrogen) atoms. The smallest absolute Gasteiger partial charge is 0.321 e. The molecule has 0 spiro atoms. The van der Waals surface area contributed by atoms with Gasteiger partial charge in [-0.3, -0.25) is 9.59 Å². The van der Waals surface area contributed by atoms with E-state index in [0.717, 1.165) is 6.07 Å². The fourth-order valence-electron chi connectivity index (χ4n) is 2.44. The summed E-state index contributed by atoms with van der Waals surface area (Å²) in [6.07, 6.45) is -4.66. The van der Waals surface area contributed by atoms with Crippen molar-refractivity contribution in [2.75, 3.05) is 5.32 Å². The fraction of sp³-hybridized carbons (Fsp3) is 0.176. The molecule has 0 aliphatic carbocycles. The maximum atomic E-state index is 13.3. The van der Waals surface area contributed by atoms with E-state index in [2.05, 4.69) is 31.3 Å². The summed E-state index contributed by atoms with van der Waals surface area (Å²) in [6.45, 7) is 2.83. The highest BCUT2D eigenvalue weighted by Crippen LogP contribution is 2.32. The second kappa shape index (κ2) is 6.76. The number of carbonyl (C=O) groups excluding carboxylic acids is 2. The van der Waals surface area contributed by atoms with E-state index in [1.165, 1.54) is 38.1 Å². The summed E-state index contributed by atoms with van der Waals surface area (Å²) < 4.78 is 40.4. The Balaban J connectivity index is 2.00. The van der Waals surface area contributed by atoms with Crippen LogP contribution in [0, 0.1) is 6.92 Å². The maximum absolute atomic E-state index is 13.3. The van der Waals surface area contributed by atoms with Crippen LogP contribution in [0.15, 0.2) is 34.8 Å². The van der Waals surface area contributed by atoms with Gasteiger partial charge >= 0.3 is 6.18 Å². The molecule has 2 heterocycles. The predicted molar refractivity (Wildman–Crippen MR) is 94.8 cm³/mol. The fourth-order valence-corrected chi connectivity index (χ4v) is 2.95. The van der Waals surface area contributed by atoms with Crippen LogP contribution in [0.3, 0.4) is 0 Å². The lowest BCUT2D eigenvalue weighted by molar-refractivity contribution is -0.142. The van der Waals surface area contributed by atoms with Gasteiger partial charge in [0.2, 0.25) is 0 Å². The lowest BCUT2D eigenvalue weighted by atomic mass is 10.1. The molecule has 0 bridgehead atoms. The molecule has 6 nitrogen and oxygen atoms in total. The van der Waals surface area contributed by atoms with Crippen molar-refractivity contribution >= 4 is 39.0 Å². The Morgan fingerprint density at radius 3 is 2.37 bits per heavy atom. The number of ketones is 1. The topological polar surface area (TPSA) is 76.4 Å². The quantitative estimate of drug-likeness (QED) is 0.616. The first-order valence-electron chi connectivity index (χ1n) is 7.63. The second-order valence-electron chi connectivity index (χ2n) is 5.77. The lowest BCUT2D eigenvalue weighted by Crippen LogP contribution is -2.16. The monoisotopic (exact) mass is 440 g/mol. The number of halogens is 4. The number of hydrogen-bond acceptors (Lipinski definition) is 4.